The van der Waals surface area contributed by atoms with E-state index >= 15 is 0 Å². The number of carboxylic acid groups (broad SMARTS) is 1. The molecule has 0 amide bonds. The standard InChI is InChI=1S/C34H47N3O3/c1-2-24-10-12-29-30(21-24)36(17-16-35-15-6-7-25(23-35)14-20-38)18-19-37-31-22-27(34(39)40)11-13-28(31)32(33(29)37)26-8-4-3-5-9-26/h10-13,21-22,25-26,32-33,38H,2-9,14-20,23H2,1H3,(H,39,40)/t25-,32?,33?/m0/s1. The van der Waals surface area contributed by atoms with Crippen LogP contribution in [0.25, 0.3) is 0 Å². The average molecular weight is 546 g/mol. The molecular formula is C34H47N3O3. The summed E-state index contributed by atoms with van der Waals surface area (Å²) in [7, 11) is 0. The minimum absolute atomic E-state index is 0.261. The second-order valence-electron chi connectivity index (χ2n) is 12.7. The molecule has 6 heteroatoms. The third-order valence-corrected chi connectivity index (χ3v) is 10.4. The van der Waals surface area contributed by atoms with E-state index in [0.717, 1.165) is 57.8 Å². The van der Waals surface area contributed by atoms with Gasteiger partial charge in [-0.2, -0.15) is 0 Å². The number of fused-ring (bicyclic) bond motifs is 5. The minimum atomic E-state index is -0.842. The van der Waals surface area contributed by atoms with Gasteiger partial charge in [-0.15, -0.1) is 0 Å². The predicted octanol–water partition coefficient (Wildman–Crippen LogP) is 6.09. The number of hydrogen-bond acceptors (Lipinski definition) is 5. The zero-order chi connectivity index (χ0) is 27.6. The number of nitrogens with zero attached hydrogens (tertiary/aromatic N) is 3. The van der Waals surface area contributed by atoms with Crippen molar-refractivity contribution in [3.05, 3.63) is 58.7 Å². The largest absolute Gasteiger partial charge is 0.478 e. The van der Waals surface area contributed by atoms with Crippen LogP contribution >= 0.6 is 0 Å². The molecule has 216 valence electrons. The van der Waals surface area contributed by atoms with E-state index in [-0.39, 0.29) is 6.04 Å². The monoisotopic (exact) mass is 545 g/mol. The maximum Gasteiger partial charge on any atom is 0.335 e. The fraction of sp³-hybridized carbons (Fsp3) is 0.618. The molecule has 0 aromatic heterocycles. The lowest BCUT2D eigenvalue weighted by molar-refractivity contribution is 0.0697. The first kappa shape index (κ1) is 27.6. The van der Waals surface area contributed by atoms with Crippen LogP contribution in [0.3, 0.4) is 0 Å². The van der Waals surface area contributed by atoms with Gasteiger partial charge in [0.25, 0.3) is 0 Å². The second kappa shape index (κ2) is 12.1. The zero-order valence-corrected chi connectivity index (χ0v) is 24.2. The van der Waals surface area contributed by atoms with Gasteiger partial charge in [0, 0.05) is 56.6 Å². The van der Waals surface area contributed by atoms with Crippen LogP contribution < -0.4 is 9.80 Å². The van der Waals surface area contributed by atoms with Gasteiger partial charge < -0.3 is 24.9 Å². The van der Waals surface area contributed by atoms with Gasteiger partial charge in [0.1, 0.15) is 0 Å². The van der Waals surface area contributed by atoms with E-state index in [2.05, 4.69) is 45.9 Å². The zero-order valence-electron chi connectivity index (χ0n) is 24.2. The van der Waals surface area contributed by atoms with Crippen molar-refractivity contribution in [3.63, 3.8) is 0 Å². The van der Waals surface area contributed by atoms with Crippen LogP contribution in [0.2, 0.25) is 0 Å². The number of piperidine rings is 1. The molecule has 2 aromatic rings. The number of anilines is 2. The maximum absolute atomic E-state index is 12.0. The lowest BCUT2D eigenvalue weighted by atomic mass is 9.73. The summed E-state index contributed by atoms with van der Waals surface area (Å²) in [5.41, 5.74) is 7.11. The molecule has 6 rings (SSSR count). The van der Waals surface area contributed by atoms with Crippen LogP contribution in [0.1, 0.15) is 97.3 Å². The summed E-state index contributed by atoms with van der Waals surface area (Å²) in [6.07, 6.45) is 10.9. The Morgan fingerprint density at radius 2 is 1.73 bits per heavy atom. The molecule has 2 unspecified atom stereocenters. The van der Waals surface area contributed by atoms with Crippen molar-refractivity contribution in [2.75, 3.05) is 55.7 Å². The van der Waals surface area contributed by atoms with Crippen molar-refractivity contribution in [2.24, 2.45) is 11.8 Å². The molecule has 6 nitrogen and oxygen atoms in total. The Balaban J connectivity index is 1.35. The number of aliphatic hydroxyl groups excluding tert-OH is 1. The summed E-state index contributed by atoms with van der Waals surface area (Å²) in [6.45, 7) is 8.69. The predicted molar refractivity (Wildman–Crippen MR) is 162 cm³/mol. The lowest BCUT2D eigenvalue weighted by Crippen LogP contribution is -2.42. The Kier molecular flexibility index (Phi) is 8.36. The molecule has 2 aromatic carbocycles. The fourth-order valence-electron chi connectivity index (χ4n) is 8.30. The van der Waals surface area contributed by atoms with E-state index in [1.54, 1.807) is 0 Å². The van der Waals surface area contributed by atoms with E-state index in [4.69, 9.17) is 0 Å². The maximum atomic E-state index is 12.0. The van der Waals surface area contributed by atoms with Crippen LogP contribution in [-0.4, -0.2) is 67.0 Å². The molecule has 0 radical (unpaired) electrons. The number of benzene rings is 2. The highest BCUT2D eigenvalue weighted by Crippen LogP contribution is 2.57. The van der Waals surface area contributed by atoms with Gasteiger partial charge in [-0.1, -0.05) is 44.4 Å². The van der Waals surface area contributed by atoms with Crippen LogP contribution in [-0.2, 0) is 6.42 Å². The number of likely N-dealkylation sites (tertiary alicyclic amines) is 1. The lowest BCUT2D eigenvalue weighted by Gasteiger charge is -2.36. The highest BCUT2D eigenvalue weighted by atomic mass is 16.4. The van der Waals surface area contributed by atoms with Crippen molar-refractivity contribution >= 4 is 17.3 Å². The first-order valence-corrected chi connectivity index (χ1v) is 15.9. The molecule has 1 saturated heterocycles. The molecule has 0 bridgehead atoms. The molecule has 3 heterocycles. The number of aryl methyl sites for hydroxylation is 1. The molecule has 0 spiro atoms. The molecule has 3 aliphatic heterocycles. The number of carboxylic acids is 1. The van der Waals surface area contributed by atoms with Crippen molar-refractivity contribution in [3.8, 4) is 0 Å². The van der Waals surface area contributed by atoms with E-state index in [9.17, 15) is 15.0 Å². The van der Waals surface area contributed by atoms with Gasteiger partial charge in [0.05, 0.1) is 11.6 Å². The fourth-order valence-corrected chi connectivity index (χ4v) is 8.30. The van der Waals surface area contributed by atoms with Crippen LogP contribution in [0, 0.1) is 11.8 Å². The topological polar surface area (TPSA) is 67.2 Å². The van der Waals surface area contributed by atoms with Crippen LogP contribution in [0.4, 0.5) is 11.4 Å². The van der Waals surface area contributed by atoms with Crippen molar-refractivity contribution < 1.29 is 15.0 Å². The third-order valence-electron chi connectivity index (χ3n) is 10.4. The van der Waals surface area contributed by atoms with E-state index in [1.165, 1.54) is 67.3 Å². The van der Waals surface area contributed by atoms with Crippen LogP contribution in [0.15, 0.2) is 36.4 Å². The minimum Gasteiger partial charge on any atom is -0.478 e. The molecule has 40 heavy (non-hydrogen) atoms. The van der Waals surface area contributed by atoms with Gasteiger partial charge in [-0.3, -0.25) is 0 Å². The van der Waals surface area contributed by atoms with Gasteiger partial charge in [0.2, 0.25) is 0 Å². The molecule has 4 aliphatic rings. The highest BCUT2D eigenvalue weighted by Gasteiger charge is 2.46. The van der Waals surface area contributed by atoms with Crippen molar-refractivity contribution in [1.82, 2.24) is 4.90 Å². The number of carbonyl (C=O) groups is 1. The van der Waals surface area contributed by atoms with E-state index in [0.29, 0.717) is 29.9 Å². The van der Waals surface area contributed by atoms with Gasteiger partial charge >= 0.3 is 5.97 Å². The number of aliphatic hydroxyl groups is 1. The van der Waals surface area contributed by atoms with Crippen molar-refractivity contribution in [2.45, 2.75) is 76.7 Å². The Labute approximate surface area is 240 Å². The van der Waals surface area contributed by atoms with Gasteiger partial charge in [0.15, 0.2) is 0 Å². The smallest absolute Gasteiger partial charge is 0.335 e. The normalized spacial score (nSPS) is 25.3. The molecular weight excluding hydrogens is 498 g/mol. The summed E-state index contributed by atoms with van der Waals surface area (Å²) in [6, 6.07) is 13.4. The Morgan fingerprint density at radius 3 is 2.50 bits per heavy atom. The quantitative estimate of drug-likeness (QED) is 0.419. The molecule has 2 N–H and O–H groups in total. The van der Waals surface area contributed by atoms with Gasteiger partial charge in [-0.05, 0) is 91.8 Å². The third kappa shape index (κ3) is 5.37. The second-order valence-corrected chi connectivity index (χ2v) is 12.7. The van der Waals surface area contributed by atoms with Crippen LogP contribution in [0.5, 0.6) is 0 Å². The Bertz CT molecular complexity index is 1190. The Hall–Kier alpha value is -2.57. The SMILES string of the molecule is CCc1ccc2c(c1)N(CCN1CCC[C@@H](CCO)C1)CCN1c3cc(C(=O)O)ccc3C(C3CCCCC3)C21. The summed E-state index contributed by atoms with van der Waals surface area (Å²) in [5, 5.41) is 19.3. The first-order valence-electron chi connectivity index (χ1n) is 15.9. The highest BCUT2D eigenvalue weighted by molar-refractivity contribution is 5.90. The number of rotatable bonds is 8. The molecule has 3 atom stereocenters. The number of hydrogen-bond donors (Lipinski definition) is 2. The van der Waals surface area contributed by atoms with E-state index < -0.39 is 5.97 Å². The molecule has 1 saturated carbocycles. The summed E-state index contributed by atoms with van der Waals surface area (Å²) in [4.78, 5) is 19.8. The summed E-state index contributed by atoms with van der Waals surface area (Å²) < 4.78 is 0. The molecule has 2 fully saturated rings. The summed E-state index contributed by atoms with van der Waals surface area (Å²) in [5.74, 6) is 0.820. The summed E-state index contributed by atoms with van der Waals surface area (Å²) >= 11 is 0. The average Bonchev–Trinajstić information content (AvgIpc) is 3.22. The van der Waals surface area contributed by atoms with Crippen molar-refractivity contribution in [1.29, 1.82) is 0 Å². The first-order chi connectivity index (χ1) is 19.6. The van der Waals surface area contributed by atoms with E-state index in [1.807, 2.05) is 12.1 Å². The van der Waals surface area contributed by atoms with Gasteiger partial charge in [-0.25, -0.2) is 4.79 Å². The number of aromatic carboxylic acids is 1. The molecule has 1 aliphatic carbocycles. The Morgan fingerprint density at radius 1 is 0.900 bits per heavy atom.